The molecule has 3 fully saturated rings. The maximum atomic E-state index is 12.3. The lowest BCUT2D eigenvalue weighted by Gasteiger charge is -2.40. The van der Waals surface area contributed by atoms with Gasteiger partial charge in [-0.15, -0.1) is 0 Å². The average molecular weight is 314 g/mol. The Morgan fingerprint density at radius 1 is 1.14 bits per heavy atom. The zero-order valence-corrected chi connectivity index (χ0v) is 12.8. The molecule has 0 atom stereocenters. The van der Waals surface area contributed by atoms with Gasteiger partial charge in [0.25, 0.3) is 0 Å². The Labute approximate surface area is 134 Å². The van der Waals surface area contributed by atoms with Gasteiger partial charge in [0.1, 0.15) is 11.5 Å². The molecule has 22 heavy (non-hydrogen) atoms. The molecule has 1 aromatic heterocycles. The van der Waals surface area contributed by atoms with Crippen LogP contribution in [0.4, 0.5) is 0 Å². The summed E-state index contributed by atoms with van der Waals surface area (Å²) in [5.41, 5.74) is 1.66. The van der Waals surface area contributed by atoms with Crippen molar-refractivity contribution in [3.63, 3.8) is 0 Å². The molecule has 2 aromatic rings. The standard InChI is InChI=1S/C18H16ClNO2/c19-15-4-2-1-3-14(15)17-6-5-13(22-17)11-16-18(21)12-7-9-20(16)10-8-12/h1-6,11-12H,7-10H2/b16-11+. The third-order valence-electron chi connectivity index (χ3n) is 4.50. The predicted octanol–water partition coefficient (Wildman–Crippen LogP) is 4.24. The van der Waals surface area contributed by atoms with E-state index in [0.717, 1.165) is 43.0 Å². The first-order valence-electron chi connectivity index (χ1n) is 7.58. The van der Waals surface area contributed by atoms with Crippen molar-refractivity contribution in [2.45, 2.75) is 12.8 Å². The Bertz CT molecular complexity index is 754. The molecule has 0 aliphatic carbocycles. The fourth-order valence-corrected chi connectivity index (χ4v) is 3.51. The van der Waals surface area contributed by atoms with Crippen molar-refractivity contribution in [3.8, 4) is 11.3 Å². The Kier molecular flexibility index (Phi) is 3.30. The minimum absolute atomic E-state index is 0.203. The molecule has 4 heterocycles. The largest absolute Gasteiger partial charge is 0.457 e. The van der Waals surface area contributed by atoms with Crippen molar-refractivity contribution in [2.75, 3.05) is 13.1 Å². The molecule has 0 unspecified atom stereocenters. The number of carbonyl (C=O) groups excluding carboxylic acids is 1. The van der Waals surface area contributed by atoms with Crippen LogP contribution < -0.4 is 0 Å². The normalized spacial score (nSPS) is 20.1. The monoisotopic (exact) mass is 313 g/mol. The van der Waals surface area contributed by atoms with Crippen LogP contribution in [-0.2, 0) is 4.79 Å². The molecule has 0 N–H and O–H groups in total. The van der Waals surface area contributed by atoms with E-state index in [1.807, 2.05) is 42.5 Å². The Balaban J connectivity index is 1.66. The smallest absolute Gasteiger partial charge is 0.182 e. The van der Waals surface area contributed by atoms with E-state index in [1.165, 1.54) is 0 Å². The SMILES string of the molecule is O=C1/C(=C\c2ccc(-c3ccccc3Cl)o2)N2CCC1CC2. The molecule has 3 aliphatic rings. The number of piperidine rings is 3. The number of fused-ring (bicyclic) bond motifs is 3. The number of furan rings is 1. The first kappa shape index (κ1) is 13.6. The van der Waals surface area contributed by atoms with E-state index in [0.29, 0.717) is 10.8 Å². The van der Waals surface area contributed by atoms with Crippen LogP contribution in [0.25, 0.3) is 17.4 Å². The summed E-state index contributed by atoms with van der Waals surface area (Å²) in [7, 11) is 0. The maximum absolute atomic E-state index is 12.3. The van der Waals surface area contributed by atoms with E-state index in [9.17, 15) is 4.79 Å². The minimum atomic E-state index is 0.203. The van der Waals surface area contributed by atoms with Crippen LogP contribution in [0.3, 0.4) is 0 Å². The zero-order chi connectivity index (χ0) is 15.1. The number of Topliss-reactive ketones (excluding diaryl/α,β-unsaturated/α-hetero) is 1. The molecule has 0 radical (unpaired) electrons. The number of hydrogen-bond donors (Lipinski definition) is 0. The van der Waals surface area contributed by atoms with Gasteiger partial charge in [0.15, 0.2) is 5.78 Å². The third-order valence-corrected chi connectivity index (χ3v) is 4.83. The van der Waals surface area contributed by atoms with E-state index >= 15 is 0 Å². The van der Waals surface area contributed by atoms with Gasteiger partial charge in [-0.2, -0.15) is 0 Å². The van der Waals surface area contributed by atoms with Crippen LogP contribution >= 0.6 is 11.6 Å². The molecule has 0 amide bonds. The molecule has 112 valence electrons. The minimum Gasteiger partial charge on any atom is -0.457 e. The first-order valence-corrected chi connectivity index (χ1v) is 7.96. The summed E-state index contributed by atoms with van der Waals surface area (Å²) in [6.45, 7) is 1.95. The molecule has 3 nitrogen and oxygen atoms in total. The second kappa shape index (κ2) is 5.33. The van der Waals surface area contributed by atoms with E-state index in [1.54, 1.807) is 0 Å². The fraction of sp³-hybridized carbons (Fsp3) is 0.278. The van der Waals surface area contributed by atoms with Crippen LogP contribution in [0.5, 0.6) is 0 Å². The zero-order valence-electron chi connectivity index (χ0n) is 12.1. The lowest BCUT2D eigenvalue weighted by molar-refractivity contribution is -0.125. The van der Waals surface area contributed by atoms with Crippen molar-refractivity contribution in [3.05, 3.63) is 52.9 Å². The number of allylic oxidation sites excluding steroid dienone is 1. The number of halogens is 1. The predicted molar refractivity (Wildman–Crippen MR) is 86.4 cm³/mol. The maximum Gasteiger partial charge on any atom is 0.182 e. The van der Waals surface area contributed by atoms with Gasteiger partial charge in [-0.1, -0.05) is 23.7 Å². The Morgan fingerprint density at radius 2 is 1.91 bits per heavy atom. The highest BCUT2D eigenvalue weighted by atomic mass is 35.5. The van der Waals surface area contributed by atoms with Crippen LogP contribution in [0.2, 0.25) is 5.02 Å². The molecular formula is C18H16ClNO2. The van der Waals surface area contributed by atoms with Gasteiger partial charge >= 0.3 is 0 Å². The van der Waals surface area contributed by atoms with Gasteiger partial charge in [0.05, 0.1) is 10.7 Å². The first-order chi connectivity index (χ1) is 10.7. The van der Waals surface area contributed by atoms with Crippen molar-refractivity contribution in [1.29, 1.82) is 0 Å². The fourth-order valence-electron chi connectivity index (χ4n) is 3.28. The molecule has 3 saturated heterocycles. The quantitative estimate of drug-likeness (QED) is 0.778. The number of ketones is 1. The van der Waals surface area contributed by atoms with E-state index < -0.39 is 0 Å². The highest BCUT2D eigenvalue weighted by Crippen LogP contribution is 2.34. The Hall–Kier alpha value is -2.00. The highest BCUT2D eigenvalue weighted by molar-refractivity contribution is 6.33. The summed E-state index contributed by atoms with van der Waals surface area (Å²) in [5, 5.41) is 0.660. The summed E-state index contributed by atoms with van der Waals surface area (Å²) >= 11 is 6.20. The average Bonchev–Trinajstić information content (AvgIpc) is 3.00. The van der Waals surface area contributed by atoms with Gasteiger partial charge in [-0.05, 0) is 37.1 Å². The van der Waals surface area contributed by atoms with Crippen LogP contribution in [-0.4, -0.2) is 23.8 Å². The molecule has 5 rings (SSSR count). The van der Waals surface area contributed by atoms with E-state index in [4.69, 9.17) is 16.0 Å². The van der Waals surface area contributed by atoms with Crippen molar-refractivity contribution in [2.24, 2.45) is 5.92 Å². The summed E-state index contributed by atoms with van der Waals surface area (Å²) in [4.78, 5) is 14.5. The summed E-state index contributed by atoms with van der Waals surface area (Å²) in [6, 6.07) is 11.4. The van der Waals surface area contributed by atoms with Gasteiger partial charge < -0.3 is 9.32 Å². The highest BCUT2D eigenvalue weighted by Gasteiger charge is 2.36. The summed E-state index contributed by atoms with van der Waals surface area (Å²) in [6.07, 6.45) is 3.84. The molecule has 0 spiro atoms. The van der Waals surface area contributed by atoms with Gasteiger partial charge in [0.2, 0.25) is 0 Å². The van der Waals surface area contributed by atoms with E-state index in [2.05, 4.69) is 4.90 Å². The topological polar surface area (TPSA) is 33.5 Å². The number of nitrogens with zero attached hydrogens (tertiary/aromatic N) is 1. The van der Waals surface area contributed by atoms with Gasteiger partial charge in [0, 0.05) is 30.6 Å². The van der Waals surface area contributed by atoms with Gasteiger partial charge in [-0.25, -0.2) is 0 Å². The van der Waals surface area contributed by atoms with Crippen LogP contribution in [0.1, 0.15) is 18.6 Å². The molecule has 0 saturated carbocycles. The van der Waals surface area contributed by atoms with Crippen molar-refractivity contribution in [1.82, 2.24) is 4.90 Å². The van der Waals surface area contributed by atoms with Gasteiger partial charge in [-0.3, -0.25) is 4.79 Å². The number of benzene rings is 1. The Morgan fingerprint density at radius 3 is 2.64 bits per heavy atom. The van der Waals surface area contributed by atoms with Crippen molar-refractivity contribution >= 4 is 23.5 Å². The molecule has 2 bridgehead atoms. The molecular weight excluding hydrogens is 298 g/mol. The third kappa shape index (κ3) is 2.26. The molecule has 1 aromatic carbocycles. The molecule has 4 heteroatoms. The second-order valence-electron chi connectivity index (χ2n) is 5.84. The lowest BCUT2D eigenvalue weighted by atomic mass is 9.84. The second-order valence-corrected chi connectivity index (χ2v) is 6.24. The number of rotatable bonds is 2. The van der Waals surface area contributed by atoms with Crippen LogP contribution in [0.15, 0.2) is 46.5 Å². The number of hydrogen-bond acceptors (Lipinski definition) is 3. The summed E-state index contributed by atoms with van der Waals surface area (Å²) < 4.78 is 5.87. The number of carbonyl (C=O) groups is 1. The van der Waals surface area contributed by atoms with Crippen LogP contribution in [0, 0.1) is 5.92 Å². The lowest BCUT2D eigenvalue weighted by Crippen LogP contribution is -2.45. The molecule has 3 aliphatic heterocycles. The van der Waals surface area contributed by atoms with Crippen molar-refractivity contribution < 1.29 is 9.21 Å². The van der Waals surface area contributed by atoms with E-state index in [-0.39, 0.29) is 11.7 Å². The summed E-state index contributed by atoms with van der Waals surface area (Å²) in [5.74, 6) is 1.88.